The number of nitrogens with one attached hydrogen (secondary N) is 1. The van der Waals surface area contributed by atoms with Gasteiger partial charge in [-0.15, -0.1) is 0 Å². The molecule has 106 valence electrons. The summed E-state index contributed by atoms with van der Waals surface area (Å²) in [6.45, 7) is 6.38. The zero-order chi connectivity index (χ0) is 14.2. The van der Waals surface area contributed by atoms with E-state index in [-0.39, 0.29) is 5.41 Å². The fourth-order valence-corrected chi connectivity index (χ4v) is 3.03. The molecule has 0 atom stereocenters. The monoisotopic (exact) mass is 333 g/mol. The van der Waals surface area contributed by atoms with Crippen LogP contribution >= 0.6 is 15.9 Å². The van der Waals surface area contributed by atoms with Crippen LogP contribution in [0.15, 0.2) is 41.0 Å². The topological polar surface area (TPSA) is 29.9 Å². The van der Waals surface area contributed by atoms with E-state index in [0.717, 1.165) is 24.0 Å². The highest BCUT2D eigenvalue weighted by Gasteiger charge is 2.39. The third kappa shape index (κ3) is 2.54. The number of hydrogen-bond donors (Lipinski definition) is 1. The van der Waals surface area contributed by atoms with Gasteiger partial charge in [0.15, 0.2) is 0 Å². The third-order valence-corrected chi connectivity index (χ3v) is 4.62. The van der Waals surface area contributed by atoms with Crippen LogP contribution in [0.3, 0.4) is 0 Å². The molecule has 0 unspecified atom stereocenters. The van der Waals surface area contributed by atoms with Crippen LogP contribution in [0.5, 0.6) is 0 Å². The summed E-state index contributed by atoms with van der Waals surface area (Å²) in [6, 6.07) is 11.3. The van der Waals surface area contributed by atoms with E-state index in [9.17, 15) is 0 Å². The molecule has 4 heteroatoms. The molecule has 0 aliphatic carbocycles. The molecule has 2 aromatic rings. The van der Waals surface area contributed by atoms with E-state index < -0.39 is 0 Å². The van der Waals surface area contributed by atoms with Gasteiger partial charge in [-0.3, -0.25) is 4.68 Å². The van der Waals surface area contributed by atoms with Gasteiger partial charge in [-0.05, 0) is 37.6 Å². The Morgan fingerprint density at radius 1 is 1.25 bits per heavy atom. The highest BCUT2D eigenvalue weighted by Crippen LogP contribution is 2.33. The summed E-state index contributed by atoms with van der Waals surface area (Å²) in [5.74, 6) is 0. The van der Waals surface area contributed by atoms with E-state index in [1.54, 1.807) is 0 Å². The quantitative estimate of drug-likeness (QED) is 0.930. The van der Waals surface area contributed by atoms with Gasteiger partial charge in [0, 0.05) is 41.6 Å². The molecule has 1 aromatic heterocycles. The average molecular weight is 334 g/mol. The first-order valence-corrected chi connectivity index (χ1v) is 7.89. The SMILES string of the molecule is CC(C)n1ccc(CC2(c3ccc(Br)cc3)CNC2)n1. The number of benzene rings is 1. The third-order valence-electron chi connectivity index (χ3n) is 4.10. The summed E-state index contributed by atoms with van der Waals surface area (Å²) in [5, 5.41) is 8.12. The minimum Gasteiger partial charge on any atom is -0.315 e. The number of aromatic nitrogens is 2. The first-order chi connectivity index (χ1) is 9.59. The van der Waals surface area contributed by atoms with Crippen molar-refractivity contribution in [2.45, 2.75) is 31.7 Å². The van der Waals surface area contributed by atoms with E-state index in [0.29, 0.717) is 6.04 Å². The van der Waals surface area contributed by atoms with E-state index in [2.05, 4.69) is 71.6 Å². The van der Waals surface area contributed by atoms with Crippen molar-refractivity contribution >= 4 is 15.9 Å². The molecule has 2 heterocycles. The Morgan fingerprint density at radius 2 is 1.95 bits per heavy atom. The lowest BCUT2D eigenvalue weighted by Gasteiger charge is -2.43. The lowest BCUT2D eigenvalue weighted by molar-refractivity contribution is 0.271. The lowest BCUT2D eigenvalue weighted by atomic mass is 9.72. The predicted octanol–water partition coefficient (Wildman–Crippen LogP) is 3.31. The minimum absolute atomic E-state index is 0.205. The predicted molar refractivity (Wildman–Crippen MR) is 85.0 cm³/mol. The first-order valence-electron chi connectivity index (χ1n) is 7.10. The maximum absolute atomic E-state index is 4.70. The van der Waals surface area contributed by atoms with E-state index in [1.807, 2.05) is 4.68 Å². The molecular formula is C16H20BrN3. The molecule has 0 amide bonds. The number of nitrogens with zero attached hydrogens (tertiary/aromatic N) is 2. The van der Waals surface area contributed by atoms with E-state index in [1.165, 1.54) is 11.3 Å². The van der Waals surface area contributed by atoms with Crippen molar-refractivity contribution in [2.75, 3.05) is 13.1 Å². The van der Waals surface area contributed by atoms with Crippen LogP contribution in [0, 0.1) is 0 Å². The molecule has 1 aliphatic rings. The summed E-state index contributed by atoms with van der Waals surface area (Å²) >= 11 is 3.51. The molecular weight excluding hydrogens is 314 g/mol. The second kappa shape index (κ2) is 5.34. The van der Waals surface area contributed by atoms with Gasteiger partial charge in [0.05, 0.1) is 5.69 Å². The van der Waals surface area contributed by atoms with Crippen LogP contribution in [-0.2, 0) is 11.8 Å². The van der Waals surface area contributed by atoms with Gasteiger partial charge in [-0.1, -0.05) is 28.1 Å². The molecule has 0 saturated carbocycles. The molecule has 1 saturated heterocycles. The van der Waals surface area contributed by atoms with Crippen molar-refractivity contribution in [3.8, 4) is 0 Å². The van der Waals surface area contributed by atoms with Crippen molar-refractivity contribution in [3.05, 3.63) is 52.3 Å². The maximum Gasteiger partial charge on any atom is 0.0634 e. The van der Waals surface area contributed by atoms with E-state index in [4.69, 9.17) is 5.10 Å². The van der Waals surface area contributed by atoms with Crippen molar-refractivity contribution in [1.29, 1.82) is 0 Å². The summed E-state index contributed by atoms with van der Waals surface area (Å²) in [6.07, 6.45) is 3.09. The molecule has 0 bridgehead atoms. The lowest BCUT2D eigenvalue weighted by Crippen LogP contribution is -2.58. The zero-order valence-electron chi connectivity index (χ0n) is 11.9. The Hall–Kier alpha value is -1.13. The highest BCUT2D eigenvalue weighted by molar-refractivity contribution is 9.10. The Labute approximate surface area is 128 Å². The van der Waals surface area contributed by atoms with Crippen LogP contribution < -0.4 is 5.32 Å². The summed E-state index contributed by atoms with van der Waals surface area (Å²) in [7, 11) is 0. The molecule has 0 radical (unpaired) electrons. The summed E-state index contributed by atoms with van der Waals surface area (Å²) in [5.41, 5.74) is 2.79. The molecule has 1 aromatic carbocycles. The van der Waals surface area contributed by atoms with Gasteiger partial charge >= 0.3 is 0 Å². The second-order valence-corrected chi connectivity index (χ2v) is 6.86. The Morgan fingerprint density at radius 3 is 2.45 bits per heavy atom. The Bertz CT molecular complexity index is 582. The largest absolute Gasteiger partial charge is 0.315 e. The molecule has 3 nitrogen and oxygen atoms in total. The van der Waals surface area contributed by atoms with Crippen molar-refractivity contribution in [2.24, 2.45) is 0 Å². The summed E-state index contributed by atoms with van der Waals surface area (Å²) < 4.78 is 3.17. The smallest absolute Gasteiger partial charge is 0.0634 e. The van der Waals surface area contributed by atoms with Crippen LogP contribution in [0.1, 0.15) is 31.1 Å². The van der Waals surface area contributed by atoms with Crippen LogP contribution in [0.4, 0.5) is 0 Å². The summed E-state index contributed by atoms with van der Waals surface area (Å²) in [4.78, 5) is 0. The van der Waals surface area contributed by atoms with Crippen LogP contribution in [0.25, 0.3) is 0 Å². The first kappa shape index (κ1) is 13.8. The molecule has 1 fully saturated rings. The number of halogens is 1. The normalized spacial score (nSPS) is 17.2. The minimum atomic E-state index is 0.205. The fourth-order valence-electron chi connectivity index (χ4n) is 2.77. The van der Waals surface area contributed by atoms with Gasteiger partial charge in [-0.25, -0.2) is 0 Å². The van der Waals surface area contributed by atoms with Gasteiger partial charge in [-0.2, -0.15) is 5.10 Å². The average Bonchev–Trinajstić information content (AvgIpc) is 2.84. The number of hydrogen-bond acceptors (Lipinski definition) is 2. The van der Waals surface area contributed by atoms with Crippen molar-refractivity contribution < 1.29 is 0 Å². The van der Waals surface area contributed by atoms with Gasteiger partial charge in [0.2, 0.25) is 0 Å². The molecule has 20 heavy (non-hydrogen) atoms. The Balaban J connectivity index is 1.83. The molecule has 1 aliphatic heterocycles. The molecule has 0 spiro atoms. The number of rotatable bonds is 4. The van der Waals surface area contributed by atoms with Gasteiger partial charge in [0.25, 0.3) is 0 Å². The van der Waals surface area contributed by atoms with E-state index >= 15 is 0 Å². The molecule has 1 N–H and O–H groups in total. The van der Waals surface area contributed by atoms with Crippen molar-refractivity contribution in [3.63, 3.8) is 0 Å². The highest BCUT2D eigenvalue weighted by atomic mass is 79.9. The van der Waals surface area contributed by atoms with Crippen molar-refractivity contribution in [1.82, 2.24) is 15.1 Å². The molecule has 3 rings (SSSR count). The zero-order valence-corrected chi connectivity index (χ0v) is 13.5. The van der Waals surface area contributed by atoms with Gasteiger partial charge < -0.3 is 5.32 Å². The Kier molecular flexibility index (Phi) is 3.69. The van der Waals surface area contributed by atoms with Gasteiger partial charge in [0.1, 0.15) is 0 Å². The van der Waals surface area contributed by atoms with Crippen LogP contribution in [0.2, 0.25) is 0 Å². The fraction of sp³-hybridized carbons (Fsp3) is 0.438. The second-order valence-electron chi connectivity index (χ2n) is 5.95. The standard InChI is InChI=1S/C16H20BrN3/c1-12(2)20-8-7-15(19-20)9-16(10-18-11-16)13-3-5-14(17)6-4-13/h3-8,12,18H,9-11H2,1-2H3. The maximum atomic E-state index is 4.70. The van der Waals surface area contributed by atoms with Crippen LogP contribution in [-0.4, -0.2) is 22.9 Å².